The summed E-state index contributed by atoms with van der Waals surface area (Å²) >= 11 is 0. The summed E-state index contributed by atoms with van der Waals surface area (Å²) in [4.78, 5) is 17.1. The van der Waals surface area contributed by atoms with E-state index in [-0.39, 0.29) is 11.9 Å². The number of nitrogens with zero attached hydrogens (tertiary/aromatic N) is 5. The Labute approximate surface area is 181 Å². The number of rotatable bonds is 5. The molecule has 7 nitrogen and oxygen atoms in total. The van der Waals surface area contributed by atoms with Crippen LogP contribution in [0.15, 0.2) is 66.3 Å². The highest BCUT2D eigenvalue weighted by Gasteiger charge is 2.18. The number of hydrogen-bond acceptors (Lipinski definition) is 7. The lowest BCUT2D eigenvalue weighted by atomic mass is 10.1. The van der Waals surface area contributed by atoms with Gasteiger partial charge in [0.05, 0.1) is 17.1 Å². The molecule has 1 fully saturated rings. The van der Waals surface area contributed by atoms with E-state index in [9.17, 15) is 5.11 Å². The zero-order valence-electron chi connectivity index (χ0n) is 17.5. The van der Waals surface area contributed by atoms with Crippen molar-refractivity contribution >= 4 is 16.6 Å². The second-order valence-electron chi connectivity index (χ2n) is 7.88. The number of likely N-dealkylation sites (tertiary alicyclic amines) is 1. The van der Waals surface area contributed by atoms with E-state index in [2.05, 4.69) is 44.0 Å². The van der Waals surface area contributed by atoms with Crippen molar-refractivity contribution in [3.63, 3.8) is 0 Å². The monoisotopic (exact) mass is 415 g/mol. The second-order valence-corrected chi connectivity index (χ2v) is 7.88. The summed E-state index contributed by atoms with van der Waals surface area (Å²) in [5.74, 6) is 0.481. The van der Waals surface area contributed by atoms with Crippen molar-refractivity contribution in [3.8, 4) is 17.6 Å². The van der Waals surface area contributed by atoms with Crippen molar-refractivity contribution in [1.82, 2.24) is 19.9 Å². The molecular weight excluding hydrogens is 390 g/mol. The number of fused-ring (bicyclic) bond motifs is 1. The number of aromatic hydroxyl groups is 1. The molecule has 158 valence electrons. The Morgan fingerprint density at radius 2 is 1.87 bits per heavy atom. The Bertz CT molecular complexity index is 1150. The molecule has 0 bridgehead atoms. The number of likely N-dealkylation sites (N-methyl/N-ethyl adjacent to an activating group) is 1. The van der Waals surface area contributed by atoms with E-state index in [1.807, 2.05) is 24.3 Å². The number of aromatic nitrogens is 3. The van der Waals surface area contributed by atoms with Crippen molar-refractivity contribution in [2.24, 2.45) is 0 Å². The summed E-state index contributed by atoms with van der Waals surface area (Å²) in [6.45, 7) is 2.36. The largest absolute Gasteiger partial charge is 0.493 e. The predicted octanol–water partition coefficient (Wildman–Crippen LogP) is 4.62. The summed E-state index contributed by atoms with van der Waals surface area (Å²) < 4.78 is 5.77. The van der Waals surface area contributed by atoms with Crippen molar-refractivity contribution in [2.75, 3.05) is 25.0 Å². The van der Waals surface area contributed by atoms with Crippen molar-refractivity contribution < 1.29 is 9.84 Å². The van der Waals surface area contributed by atoms with Gasteiger partial charge in [-0.3, -0.25) is 4.98 Å². The van der Waals surface area contributed by atoms with Gasteiger partial charge in [-0.1, -0.05) is 6.08 Å². The summed E-state index contributed by atoms with van der Waals surface area (Å²) in [6.07, 6.45) is 12.6. The summed E-state index contributed by atoms with van der Waals surface area (Å²) in [6, 6.07) is 9.55. The second kappa shape index (κ2) is 8.26. The van der Waals surface area contributed by atoms with Crippen LogP contribution in [0, 0.1) is 0 Å². The molecule has 2 aliphatic rings. The van der Waals surface area contributed by atoms with Crippen LogP contribution in [-0.4, -0.2) is 45.1 Å². The summed E-state index contributed by atoms with van der Waals surface area (Å²) in [5.41, 5.74) is 4.27. The van der Waals surface area contributed by atoms with E-state index in [4.69, 9.17) is 4.74 Å². The number of pyridine rings is 1. The molecule has 31 heavy (non-hydrogen) atoms. The fourth-order valence-corrected chi connectivity index (χ4v) is 4.14. The van der Waals surface area contributed by atoms with Gasteiger partial charge >= 0.3 is 6.01 Å². The lowest BCUT2D eigenvalue weighted by Gasteiger charge is -2.28. The molecule has 0 saturated carbocycles. The number of allylic oxidation sites excluding steroid dienone is 3. The quantitative estimate of drug-likeness (QED) is 0.652. The molecule has 5 rings (SSSR count). The lowest BCUT2D eigenvalue weighted by Crippen LogP contribution is -2.23. The first-order valence-corrected chi connectivity index (χ1v) is 10.7. The molecule has 2 aromatic heterocycles. The van der Waals surface area contributed by atoms with Gasteiger partial charge in [-0.25, -0.2) is 0 Å². The lowest BCUT2D eigenvalue weighted by molar-refractivity contribution is 0.407. The minimum absolute atomic E-state index is 0.0901. The van der Waals surface area contributed by atoms with Gasteiger partial charge in [0.25, 0.3) is 0 Å². The number of ether oxygens (including phenoxy) is 1. The fourth-order valence-electron chi connectivity index (χ4n) is 4.14. The van der Waals surface area contributed by atoms with Crippen molar-refractivity contribution in [2.45, 2.75) is 25.7 Å². The maximum atomic E-state index is 10.1. The molecule has 0 atom stereocenters. The maximum Gasteiger partial charge on any atom is 0.325 e. The molecule has 1 aliphatic carbocycles. The Balaban J connectivity index is 1.31. The van der Waals surface area contributed by atoms with Gasteiger partial charge in [0.1, 0.15) is 5.75 Å². The average Bonchev–Trinajstić information content (AvgIpc) is 3.34. The minimum atomic E-state index is -0.122. The third-order valence-corrected chi connectivity index (χ3v) is 5.86. The van der Waals surface area contributed by atoms with Gasteiger partial charge in [-0.05, 0) is 62.1 Å². The molecule has 1 aromatic carbocycles. The van der Waals surface area contributed by atoms with E-state index in [0.717, 1.165) is 18.5 Å². The van der Waals surface area contributed by atoms with Crippen LogP contribution in [-0.2, 0) is 0 Å². The van der Waals surface area contributed by atoms with Gasteiger partial charge < -0.3 is 19.6 Å². The predicted molar refractivity (Wildman–Crippen MR) is 120 cm³/mol. The van der Waals surface area contributed by atoms with Crippen LogP contribution in [0.2, 0.25) is 0 Å². The molecular formula is C24H25N5O2. The van der Waals surface area contributed by atoms with Crippen LogP contribution in [0.5, 0.6) is 17.6 Å². The normalized spacial score (nSPS) is 16.2. The first-order valence-electron chi connectivity index (χ1n) is 10.7. The van der Waals surface area contributed by atoms with Crippen LogP contribution in [0.3, 0.4) is 0 Å². The number of anilines is 1. The Morgan fingerprint density at radius 3 is 2.68 bits per heavy atom. The maximum absolute atomic E-state index is 10.1. The topological polar surface area (TPSA) is 74.6 Å². The van der Waals surface area contributed by atoms with Crippen LogP contribution in [0.4, 0.5) is 5.69 Å². The molecule has 0 amide bonds. The highest BCUT2D eigenvalue weighted by Crippen LogP contribution is 2.30. The molecule has 3 heterocycles. The van der Waals surface area contributed by atoms with Gasteiger partial charge in [0.15, 0.2) is 0 Å². The highest BCUT2D eigenvalue weighted by atomic mass is 16.5. The van der Waals surface area contributed by atoms with Crippen LogP contribution in [0.1, 0.15) is 25.7 Å². The van der Waals surface area contributed by atoms with E-state index < -0.39 is 0 Å². The molecule has 1 aliphatic heterocycles. The third-order valence-electron chi connectivity index (χ3n) is 5.86. The minimum Gasteiger partial charge on any atom is -0.493 e. The van der Waals surface area contributed by atoms with Gasteiger partial charge in [-0.15, -0.1) is 0 Å². The number of hydrogen-bond donors (Lipinski definition) is 1. The molecule has 1 N–H and O–H groups in total. The molecule has 7 heteroatoms. The first kappa shape index (κ1) is 19.4. The smallest absolute Gasteiger partial charge is 0.325 e. The van der Waals surface area contributed by atoms with Crippen LogP contribution >= 0.6 is 0 Å². The van der Waals surface area contributed by atoms with Crippen molar-refractivity contribution in [3.05, 3.63) is 66.3 Å². The highest BCUT2D eigenvalue weighted by molar-refractivity contribution is 5.82. The molecule has 3 aromatic rings. The molecule has 0 spiro atoms. The third kappa shape index (κ3) is 4.03. The Morgan fingerprint density at radius 1 is 1.06 bits per heavy atom. The van der Waals surface area contributed by atoms with E-state index in [0.29, 0.717) is 16.7 Å². The van der Waals surface area contributed by atoms with E-state index in [1.54, 1.807) is 18.5 Å². The van der Waals surface area contributed by atoms with Gasteiger partial charge in [0, 0.05) is 43.4 Å². The van der Waals surface area contributed by atoms with Crippen LogP contribution < -0.4 is 9.64 Å². The molecule has 0 unspecified atom stereocenters. The summed E-state index contributed by atoms with van der Waals surface area (Å²) in [7, 11) is 2.09. The van der Waals surface area contributed by atoms with Crippen LogP contribution in [0.25, 0.3) is 10.9 Å². The SMILES string of the molecule is CN(C1=CCCC(N2CCCC2)=C1)c1ccc(Oc2nc(O)c3ccncc3n2)cc1. The zero-order valence-corrected chi connectivity index (χ0v) is 17.5. The van der Waals surface area contributed by atoms with E-state index >= 15 is 0 Å². The Hall–Kier alpha value is -3.61. The van der Waals surface area contributed by atoms with Gasteiger partial charge in [0.2, 0.25) is 5.88 Å². The van der Waals surface area contributed by atoms with Crippen molar-refractivity contribution in [1.29, 1.82) is 0 Å². The summed E-state index contributed by atoms with van der Waals surface area (Å²) in [5, 5.41) is 10.7. The molecule has 1 saturated heterocycles. The Kier molecular flexibility index (Phi) is 5.16. The fraction of sp³-hybridized carbons (Fsp3) is 0.292. The number of benzene rings is 1. The van der Waals surface area contributed by atoms with Gasteiger partial charge in [-0.2, -0.15) is 9.97 Å². The molecule has 0 radical (unpaired) electrons. The zero-order chi connectivity index (χ0) is 21.2. The first-order chi connectivity index (χ1) is 15.2. The average molecular weight is 415 g/mol. The van der Waals surface area contributed by atoms with E-state index in [1.165, 1.54) is 37.3 Å². The standard InChI is InChI=1S/C24H25N5O2/c1-28(18-5-4-6-19(15-18)29-13-2-3-14-29)17-7-9-20(10-8-17)31-24-26-22-16-25-12-11-21(22)23(30)27-24/h5,7-12,15-16H,2-4,6,13-14H2,1H3,(H,26,27,30).